The van der Waals surface area contributed by atoms with E-state index in [1.807, 2.05) is 6.07 Å². The Kier molecular flexibility index (Phi) is 5.73. The van der Waals surface area contributed by atoms with Crippen LogP contribution in [0.1, 0.15) is 21.6 Å². The summed E-state index contributed by atoms with van der Waals surface area (Å²) >= 11 is 5.85. The molecule has 1 heterocycles. The maximum Gasteiger partial charge on any atom is 0.267 e. The number of halogens is 1. The summed E-state index contributed by atoms with van der Waals surface area (Å²) in [4.78, 5) is 17.1. The standard InChI is InChI=1S/C20H14ClN3O3S/c21-17-8-10-19(11-9-17)28(26,27)24(14-18-3-1-2-12-23-18)20(25)16-6-4-15(13-22)5-7-16/h1-12H,14H2. The summed E-state index contributed by atoms with van der Waals surface area (Å²) in [6.07, 6.45) is 1.52. The largest absolute Gasteiger partial charge is 0.268 e. The van der Waals surface area contributed by atoms with Crippen LogP contribution in [0.2, 0.25) is 5.02 Å². The van der Waals surface area contributed by atoms with E-state index in [1.54, 1.807) is 18.2 Å². The van der Waals surface area contributed by atoms with Gasteiger partial charge in [-0.2, -0.15) is 5.26 Å². The van der Waals surface area contributed by atoms with E-state index in [4.69, 9.17) is 16.9 Å². The molecule has 0 aliphatic rings. The summed E-state index contributed by atoms with van der Waals surface area (Å²) in [5.41, 5.74) is 0.933. The maximum atomic E-state index is 13.2. The van der Waals surface area contributed by atoms with Gasteiger partial charge in [-0.15, -0.1) is 0 Å². The van der Waals surface area contributed by atoms with Crippen molar-refractivity contribution in [2.45, 2.75) is 11.4 Å². The molecular weight excluding hydrogens is 398 g/mol. The smallest absolute Gasteiger partial charge is 0.267 e. The van der Waals surface area contributed by atoms with Crippen molar-refractivity contribution in [3.63, 3.8) is 0 Å². The molecule has 0 aliphatic heterocycles. The molecular formula is C20H14ClN3O3S. The van der Waals surface area contributed by atoms with Crippen LogP contribution in [0.25, 0.3) is 0 Å². The minimum Gasteiger partial charge on any atom is -0.268 e. The number of pyridine rings is 1. The van der Waals surface area contributed by atoms with Gasteiger partial charge in [-0.05, 0) is 60.7 Å². The lowest BCUT2D eigenvalue weighted by molar-refractivity contribution is 0.0853. The minimum atomic E-state index is -4.16. The SMILES string of the molecule is N#Cc1ccc(C(=O)N(Cc2ccccn2)S(=O)(=O)c2ccc(Cl)cc2)cc1. The molecule has 0 bridgehead atoms. The Morgan fingerprint density at radius 2 is 1.71 bits per heavy atom. The number of benzene rings is 2. The Morgan fingerprint density at radius 1 is 1.04 bits per heavy atom. The number of carbonyl (C=O) groups excluding carboxylic acids is 1. The van der Waals surface area contributed by atoms with Crippen LogP contribution in [0, 0.1) is 11.3 Å². The van der Waals surface area contributed by atoms with Crippen LogP contribution in [0.15, 0.2) is 77.8 Å². The van der Waals surface area contributed by atoms with Crippen molar-refractivity contribution in [3.8, 4) is 6.07 Å². The highest BCUT2D eigenvalue weighted by Crippen LogP contribution is 2.22. The van der Waals surface area contributed by atoms with E-state index in [9.17, 15) is 13.2 Å². The molecule has 3 rings (SSSR count). The highest BCUT2D eigenvalue weighted by Gasteiger charge is 2.30. The molecule has 140 valence electrons. The summed E-state index contributed by atoms with van der Waals surface area (Å²) < 4.78 is 27.1. The first-order valence-electron chi connectivity index (χ1n) is 8.14. The molecule has 0 atom stereocenters. The Labute approximate surface area is 167 Å². The molecule has 0 saturated heterocycles. The van der Waals surface area contributed by atoms with E-state index < -0.39 is 15.9 Å². The van der Waals surface area contributed by atoms with Gasteiger partial charge < -0.3 is 0 Å². The van der Waals surface area contributed by atoms with Crippen LogP contribution in [0.4, 0.5) is 0 Å². The third-order valence-corrected chi connectivity index (χ3v) is 5.92. The fourth-order valence-electron chi connectivity index (χ4n) is 2.47. The molecule has 0 fully saturated rings. The predicted molar refractivity (Wildman–Crippen MR) is 104 cm³/mol. The minimum absolute atomic E-state index is 0.0603. The van der Waals surface area contributed by atoms with Gasteiger partial charge in [-0.1, -0.05) is 17.7 Å². The molecule has 0 radical (unpaired) electrons. The zero-order valence-corrected chi connectivity index (χ0v) is 16.1. The van der Waals surface area contributed by atoms with E-state index >= 15 is 0 Å². The van der Waals surface area contributed by atoms with Crippen LogP contribution in [0.3, 0.4) is 0 Å². The number of rotatable bonds is 5. The molecule has 0 aliphatic carbocycles. The van der Waals surface area contributed by atoms with E-state index in [2.05, 4.69) is 4.98 Å². The summed E-state index contributed by atoms with van der Waals surface area (Å²) in [6.45, 7) is -0.232. The predicted octanol–water partition coefficient (Wildman–Crippen LogP) is 3.64. The molecule has 2 aromatic carbocycles. The molecule has 0 saturated carbocycles. The van der Waals surface area contributed by atoms with Gasteiger partial charge in [0.1, 0.15) is 0 Å². The van der Waals surface area contributed by atoms with Crippen LogP contribution < -0.4 is 0 Å². The van der Waals surface area contributed by atoms with E-state index in [0.29, 0.717) is 16.3 Å². The summed E-state index contributed by atoms with van der Waals surface area (Å²) in [6, 6.07) is 18.3. The lowest BCUT2D eigenvalue weighted by Gasteiger charge is -2.22. The van der Waals surface area contributed by atoms with Crippen LogP contribution in [-0.2, 0) is 16.6 Å². The monoisotopic (exact) mass is 411 g/mol. The highest BCUT2D eigenvalue weighted by atomic mass is 35.5. The van der Waals surface area contributed by atoms with Gasteiger partial charge in [0, 0.05) is 16.8 Å². The Hall–Kier alpha value is -3.21. The molecule has 3 aromatic rings. The zero-order valence-electron chi connectivity index (χ0n) is 14.5. The van der Waals surface area contributed by atoms with Crippen molar-refractivity contribution >= 4 is 27.5 Å². The third-order valence-electron chi connectivity index (χ3n) is 3.92. The van der Waals surface area contributed by atoms with Gasteiger partial charge >= 0.3 is 0 Å². The van der Waals surface area contributed by atoms with Gasteiger partial charge in [-0.25, -0.2) is 12.7 Å². The first kappa shape index (κ1) is 19.5. The normalized spacial score (nSPS) is 10.9. The van der Waals surface area contributed by atoms with Gasteiger partial charge in [0.2, 0.25) is 0 Å². The van der Waals surface area contributed by atoms with E-state index in [1.165, 1.54) is 54.7 Å². The van der Waals surface area contributed by atoms with E-state index in [-0.39, 0.29) is 17.0 Å². The first-order chi connectivity index (χ1) is 13.4. The molecule has 0 N–H and O–H groups in total. The number of hydrogen-bond acceptors (Lipinski definition) is 5. The summed E-state index contributed by atoms with van der Waals surface area (Å²) in [7, 11) is -4.16. The summed E-state index contributed by atoms with van der Waals surface area (Å²) in [5, 5.41) is 9.29. The second-order valence-corrected chi connectivity index (χ2v) is 8.08. The van der Waals surface area contributed by atoms with Gasteiger partial charge in [0.05, 0.1) is 28.8 Å². The Balaban J connectivity index is 2.04. The Bertz CT molecular complexity index is 1120. The fourth-order valence-corrected chi connectivity index (χ4v) is 3.96. The van der Waals surface area contributed by atoms with Gasteiger partial charge in [-0.3, -0.25) is 9.78 Å². The number of aromatic nitrogens is 1. The number of nitrogens with zero attached hydrogens (tertiary/aromatic N) is 3. The van der Waals surface area contributed by atoms with Crippen LogP contribution >= 0.6 is 11.6 Å². The molecule has 1 amide bonds. The number of carbonyl (C=O) groups is 1. The molecule has 28 heavy (non-hydrogen) atoms. The van der Waals surface area contributed by atoms with Crippen molar-refractivity contribution in [2.24, 2.45) is 0 Å². The third kappa shape index (κ3) is 4.19. The van der Waals surface area contributed by atoms with Crippen molar-refractivity contribution in [3.05, 3.63) is 94.8 Å². The fraction of sp³-hybridized carbons (Fsp3) is 0.0500. The first-order valence-corrected chi connectivity index (χ1v) is 9.96. The summed E-state index contributed by atoms with van der Waals surface area (Å²) in [5.74, 6) is -0.718. The highest BCUT2D eigenvalue weighted by molar-refractivity contribution is 7.89. The van der Waals surface area contributed by atoms with E-state index in [0.717, 1.165) is 4.31 Å². The quantitative estimate of drug-likeness (QED) is 0.639. The van der Waals surface area contributed by atoms with Crippen molar-refractivity contribution in [2.75, 3.05) is 0 Å². The second-order valence-electron chi connectivity index (χ2n) is 5.78. The molecule has 8 heteroatoms. The second kappa shape index (κ2) is 8.21. The zero-order chi connectivity index (χ0) is 20.1. The average molecular weight is 412 g/mol. The lowest BCUT2D eigenvalue weighted by Crippen LogP contribution is -2.36. The number of hydrogen-bond donors (Lipinski definition) is 0. The lowest BCUT2D eigenvalue weighted by atomic mass is 10.1. The average Bonchev–Trinajstić information content (AvgIpc) is 2.72. The number of amides is 1. The topological polar surface area (TPSA) is 91.1 Å². The van der Waals surface area contributed by atoms with Gasteiger partial charge in [0.25, 0.3) is 15.9 Å². The molecule has 0 unspecified atom stereocenters. The molecule has 0 spiro atoms. The van der Waals surface area contributed by atoms with Crippen LogP contribution in [-0.4, -0.2) is 23.6 Å². The number of nitriles is 1. The van der Waals surface area contributed by atoms with Crippen molar-refractivity contribution in [1.82, 2.24) is 9.29 Å². The molecule has 1 aromatic heterocycles. The number of sulfonamides is 1. The van der Waals surface area contributed by atoms with Gasteiger partial charge in [0.15, 0.2) is 0 Å². The maximum absolute atomic E-state index is 13.2. The Morgan fingerprint density at radius 3 is 2.29 bits per heavy atom. The van der Waals surface area contributed by atoms with Crippen molar-refractivity contribution in [1.29, 1.82) is 5.26 Å². The van der Waals surface area contributed by atoms with Crippen LogP contribution in [0.5, 0.6) is 0 Å². The van der Waals surface area contributed by atoms with Crippen molar-refractivity contribution < 1.29 is 13.2 Å². The molecule has 6 nitrogen and oxygen atoms in total.